The summed E-state index contributed by atoms with van der Waals surface area (Å²) < 4.78 is 26.8. The number of aromatic nitrogens is 1. The van der Waals surface area contributed by atoms with E-state index in [1.54, 1.807) is 19.1 Å². The van der Waals surface area contributed by atoms with Crippen molar-refractivity contribution in [3.8, 4) is 0 Å². The molecule has 1 aromatic heterocycles. The molecule has 0 aliphatic heterocycles. The van der Waals surface area contributed by atoms with Gasteiger partial charge in [0.15, 0.2) is 0 Å². The van der Waals surface area contributed by atoms with Crippen LogP contribution < -0.4 is 10.5 Å². The Kier molecular flexibility index (Phi) is 4.45. The monoisotopic (exact) mass is 337 g/mol. The fraction of sp³-hybridized carbons (Fsp3) is 0.333. The van der Waals surface area contributed by atoms with Gasteiger partial charge in [0.1, 0.15) is 11.1 Å². The summed E-state index contributed by atoms with van der Waals surface area (Å²) in [5.41, 5.74) is 6.00. The van der Waals surface area contributed by atoms with Crippen LogP contribution in [0.4, 0.5) is 5.82 Å². The van der Waals surface area contributed by atoms with Gasteiger partial charge in [0.25, 0.3) is 0 Å². The average molecular weight is 338 g/mol. The molecule has 1 aromatic rings. The molecule has 0 aliphatic carbocycles. The Hall–Kier alpha value is -0.730. The van der Waals surface area contributed by atoms with Gasteiger partial charge in [0, 0.05) is 4.47 Å². The molecule has 17 heavy (non-hydrogen) atoms. The Morgan fingerprint density at radius 2 is 2.18 bits per heavy atom. The van der Waals surface area contributed by atoms with Crippen molar-refractivity contribution in [1.29, 1.82) is 0 Å². The van der Waals surface area contributed by atoms with Crippen LogP contribution in [0.3, 0.4) is 0 Å². The largest absolute Gasteiger partial charge is 0.392 e. The Bertz CT molecular complexity index is 545. The Morgan fingerprint density at radius 1 is 1.59 bits per heavy atom. The second-order valence-corrected chi connectivity index (χ2v) is 6.78. The smallest absolute Gasteiger partial charge is 0.243 e. The van der Waals surface area contributed by atoms with Crippen molar-refractivity contribution in [2.24, 2.45) is 5.73 Å². The highest BCUT2D eigenvalue weighted by molar-refractivity contribution is 9.10. The maximum atomic E-state index is 11.8. The zero-order valence-corrected chi connectivity index (χ0v) is 12.5. The second-order valence-electron chi connectivity index (χ2n) is 3.46. The first-order valence-electron chi connectivity index (χ1n) is 4.68. The number of aryl methyl sites for hydroxylation is 1. The molecule has 0 bridgehead atoms. The van der Waals surface area contributed by atoms with Gasteiger partial charge in [-0.25, -0.2) is 13.4 Å². The summed E-state index contributed by atoms with van der Waals surface area (Å²) in [7, 11) is -3.64. The number of sulfonamides is 1. The fourth-order valence-electron chi connectivity index (χ4n) is 0.988. The Balaban J connectivity index is 2.98. The molecule has 1 atom stereocenters. The highest BCUT2D eigenvalue weighted by Crippen LogP contribution is 2.17. The van der Waals surface area contributed by atoms with E-state index in [9.17, 15) is 8.42 Å². The molecule has 0 amide bonds. The van der Waals surface area contributed by atoms with Crippen LogP contribution in [0.1, 0.15) is 12.6 Å². The highest BCUT2D eigenvalue weighted by atomic mass is 79.9. The molecule has 0 aromatic carbocycles. The zero-order valence-electron chi connectivity index (χ0n) is 9.27. The van der Waals surface area contributed by atoms with Gasteiger partial charge in [0.05, 0.1) is 10.7 Å². The molecule has 1 heterocycles. The lowest BCUT2D eigenvalue weighted by Gasteiger charge is -2.13. The molecule has 0 spiro atoms. The number of thiocarbonyl (C=S) groups is 1. The summed E-state index contributed by atoms with van der Waals surface area (Å²) >= 11 is 7.94. The summed E-state index contributed by atoms with van der Waals surface area (Å²) in [6.07, 6.45) is 0. The Labute approximate surface area is 114 Å². The summed E-state index contributed by atoms with van der Waals surface area (Å²) in [6, 6.07) is 3.27. The van der Waals surface area contributed by atoms with Crippen LogP contribution in [-0.4, -0.2) is 23.6 Å². The molecule has 8 heteroatoms. The minimum Gasteiger partial charge on any atom is -0.392 e. The molecule has 0 saturated carbocycles. The van der Waals surface area contributed by atoms with E-state index in [-0.39, 0.29) is 10.8 Å². The minimum atomic E-state index is -3.64. The van der Waals surface area contributed by atoms with Crippen LogP contribution in [0.2, 0.25) is 0 Å². The van der Waals surface area contributed by atoms with E-state index in [1.807, 2.05) is 0 Å². The van der Waals surface area contributed by atoms with Gasteiger partial charge in [-0.2, -0.15) is 0 Å². The predicted octanol–water partition coefficient (Wildman–Crippen LogP) is 1.57. The van der Waals surface area contributed by atoms with E-state index in [0.717, 1.165) is 4.47 Å². The van der Waals surface area contributed by atoms with Crippen LogP contribution in [0.5, 0.6) is 0 Å². The minimum absolute atomic E-state index is 0.0775. The number of pyridine rings is 1. The van der Waals surface area contributed by atoms with Crippen molar-refractivity contribution in [3.63, 3.8) is 0 Å². The van der Waals surface area contributed by atoms with Gasteiger partial charge >= 0.3 is 0 Å². The average Bonchev–Trinajstić information content (AvgIpc) is 2.22. The topological polar surface area (TPSA) is 85.1 Å². The van der Waals surface area contributed by atoms with Gasteiger partial charge in [-0.05, 0) is 41.9 Å². The van der Waals surface area contributed by atoms with Crippen molar-refractivity contribution in [2.75, 3.05) is 4.72 Å². The number of nitrogens with zero attached hydrogens (tertiary/aromatic N) is 1. The molecule has 5 nitrogen and oxygen atoms in total. The maximum absolute atomic E-state index is 11.8. The van der Waals surface area contributed by atoms with Gasteiger partial charge in [-0.15, -0.1) is 0 Å². The lowest BCUT2D eigenvalue weighted by Crippen LogP contribution is -2.35. The number of nitrogens with one attached hydrogen (secondary N) is 1. The van der Waals surface area contributed by atoms with Crippen LogP contribution in [0.15, 0.2) is 16.6 Å². The van der Waals surface area contributed by atoms with E-state index >= 15 is 0 Å². The summed E-state index contributed by atoms with van der Waals surface area (Å²) in [5, 5.41) is -0.941. The number of hydrogen-bond donors (Lipinski definition) is 2. The number of rotatable bonds is 4. The molecule has 94 valence electrons. The molecular weight excluding hydrogens is 326 g/mol. The van der Waals surface area contributed by atoms with Crippen molar-refractivity contribution >= 4 is 49.0 Å². The van der Waals surface area contributed by atoms with Crippen LogP contribution in [0, 0.1) is 6.92 Å². The maximum Gasteiger partial charge on any atom is 0.243 e. The quantitative estimate of drug-likeness (QED) is 0.814. The fourth-order valence-corrected chi connectivity index (χ4v) is 2.48. The van der Waals surface area contributed by atoms with Crippen LogP contribution in [0.25, 0.3) is 0 Å². The van der Waals surface area contributed by atoms with Crippen molar-refractivity contribution in [2.45, 2.75) is 19.1 Å². The molecular formula is C9H12BrN3O2S2. The molecule has 0 fully saturated rings. The first kappa shape index (κ1) is 14.3. The zero-order chi connectivity index (χ0) is 13.2. The SMILES string of the molecule is Cc1nc(NS(=O)(=O)C(C)C(N)=S)ccc1Br. The van der Waals surface area contributed by atoms with E-state index in [0.29, 0.717) is 5.69 Å². The van der Waals surface area contributed by atoms with Gasteiger partial charge in [0.2, 0.25) is 10.0 Å². The first-order chi connectivity index (χ1) is 7.74. The van der Waals surface area contributed by atoms with E-state index < -0.39 is 15.3 Å². The van der Waals surface area contributed by atoms with E-state index in [4.69, 9.17) is 5.73 Å². The molecule has 0 aliphatic rings. The van der Waals surface area contributed by atoms with Crippen molar-refractivity contribution < 1.29 is 8.42 Å². The first-order valence-corrected chi connectivity index (χ1v) is 7.43. The third-order valence-electron chi connectivity index (χ3n) is 2.13. The number of nitrogens with two attached hydrogens (primary N) is 1. The standard InChI is InChI=1S/C9H12BrN3O2S2/c1-5-7(10)3-4-8(12-5)13-17(14,15)6(2)9(11)16/h3-4,6H,1-2H3,(H2,11,16)(H,12,13). The summed E-state index contributed by atoms with van der Waals surface area (Å²) in [6.45, 7) is 3.19. The van der Waals surface area contributed by atoms with Crippen molar-refractivity contribution in [1.82, 2.24) is 4.98 Å². The molecule has 3 N–H and O–H groups in total. The van der Waals surface area contributed by atoms with Gasteiger partial charge < -0.3 is 5.73 Å². The molecule has 1 rings (SSSR count). The normalized spacial score (nSPS) is 13.1. The third kappa shape index (κ3) is 3.62. The third-order valence-corrected chi connectivity index (χ3v) is 5.15. The summed E-state index contributed by atoms with van der Waals surface area (Å²) in [5.74, 6) is 0.244. The van der Waals surface area contributed by atoms with Crippen LogP contribution >= 0.6 is 28.1 Å². The van der Waals surface area contributed by atoms with E-state index in [1.165, 1.54) is 6.92 Å². The van der Waals surface area contributed by atoms with Crippen LogP contribution in [-0.2, 0) is 10.0 Å². The Morgan fingerprint density at radius 3 is 2.65 bits per heavy atom. The van der Waals surface area contributed by atoms with E-state index in [2.05, 4.69) is 37.9 Å². The lowest BCUT2D eigenvalue weighted by atomic mass is 10.4. The number of halogens is 1. The summed E-state index contributed by atoms with van der Waals surface area (Å²) in [4.78, 5) is 4.00. The number of anilines is 1. The van der Waals surface area contributed by atoms with Gasteiger partial charge in [-0.1, -0.05) is 12.2 Å². The predicted molar refractivity (Wildman–Crippen MR) is 75.5 cm³/mol. The van der Waals surface area contributed by atoms with Gasteiger partial charge in [-0.3, -0.25) is 4.72 Å². The second kappa shape index (κ2) is 5.28. The molecule has 1 unspecified atom stereocenters. The van der Waals surface area contributed by atoms with Crippen molar-refractivity contribution in [3.05, 3.63) is 22.3 Å². The lowest BCUT2D eigenvalue weighted by molar-refractivity contribution is 0.598. The number of hydrogen-bond acceptors (Lipinski definition) is 4. The highest BCUT2D eigenvalue weighted by Gasteiger charge is 2.23. The molecule has 0 radical (unpaired) electrons. The molecule has 0 saturated heterocycles.